The molecule has 1 aliphatic heterocycles. The molecule has 0 bridgehead atoms. The number of hydrogen-bond acceptors (Lipinski definition) is 2. The highest BCUT2D eigenvalue weighted by molar-refractivity contribution is 9.10. The first kappa shape index (κ1) is 15.9. The highest BCUT2D eigenvalue weighted by atomic mass is 79.9. The average molecular weight is 372 g/mol. The molecule has 0 radical (unpaired) electrons. The summed E-state index contributed by atoms with van der Waals surface area (Å²) >= 11 is 3.46. The van der Waals surface area contributed by atoms with E-state index in [0.29, 0.717) is 12.1 Å². The highest BCUT2D eigenvalue weighted by Gasteiger charge is 2.39. The maximum Gasteiger partial charge on any atom is 0.237 e. The fourth-order valence-electron chi connectivity index (χ4n) is 2.86. The van der Waals surface area contributed by atoms with Gasteiger partial charge in [0.25, 0.3) is 0 Å². The Balaban J connectivity index is 1.82. The number of carbonyl (C=O) groups excluding carboxylic acids is 2. The number of benzene rings is 2. The molecule has 1 saturated heterocycles. The van der Waals surface area contributed by atoms with Crippen molar-refractivity contribution in [3.63, 3.8) is 0 Å². The second-order valence-electron chi connectivity index (χ2n) is 6.09. The van der Waals surface area contributed by atoms with Gasteiger partial charge in [-0.15, -0.1) is 0 Å². The first-order valence-electron chi connectivity index (χ1n) is 7.64. The molecular weight excluding hydrogens is 354 g/mol. The molecule has 3 nitrogen and oxygen atoms in total. The number of hydrogen-bond donors (Lipinski definition) is 0. The number of imide groups is 1. The van der Waals surface area contributed by atoms with E-state index in [4.69, 9.17) is 0 Å². The lowest BCUT2D eigenvalue weighted by molar-refractivity contribution is -0.122. The molecule has 23 heavy (non-hydrogen) atoms. The molecule has 1 atom stereocenters. The van der Waals surface area contributed by atoms with Crippen molar-refractivity contribution < 1.29 is 9.59 Å². The SMILES string of the molecule is Cc1ccc(CC2CC(=O)N(c3ccc(C)c(Br)c3)C2=O)cc1. The molecule has 2 aromatic rings. The Morgan fingerprint density at radius 2 is 1.78 bits per heavy atom. The fraction of sp³-hybridized carbons (Fsp3) is 0.263. The molecule has 0 spiro atoms. The van der Waals surface area contributed by atoms with Crippen LogP contribution in [0.25, 0.3) is 0 Å². The third kappa shape index (κ3) is 3.22. The van der Waals surface area contributed by atoms with Gasteiger partial charge in [0.2, 0.25) is 11.8 Å². The molecule has 1 aliphatic rings. The van der Waals surface area contributed by atoms with Crippen molar-refractivity contribution in [1.29, 1.82) is 0 Å². The van der Waals surface area contributed by atoms with Gasteiger partial charge < -0.3 is 0 Å². The van der Waals surface area contributed by atoms with Gasteiger partial charge in [0.15, 0.2) is 0 Å². The van der Waals surface area contributed by atoms with Crippen molar-refractivity contribution in [2.24, 2.45) is 5.92 Å². The van der Waals surface area contributed by atoms with Crippen molar-refractivity contribution in [2.75, 3.05) is 4.90 Å². The van der Waals surface area contributed by atoms with E-state index in [2.05, 4.69) is 15.9 Å². The van der Waals surface area contributed by atoms with Gasteiger partial charge in [0, 0.05) is 10.9 Å². The van der Waals surface area contributed by atoms with Crippen molar-refractivity contribution in [3.8, 4) is 0 Å². The first-order valence-corrected chi connectivity index (χ1v) is 8.43. The van der Waals surface area contributed by atoms with Gasteiger partial charge >= 0.3 is 0 Å². The molecule has 1 fully saturated rings. The van der Waals surface area contributed by atoms with E-state index in [1.165, 1.54) is 10.5 Å². The normalized spacial score (nSPS) is 17.9. The van der Waals surface area contributed by atoms with E-state index >= 15 is 0 Å². The smallest absolute Gasteiger partial charge is 0.237 e. The lowest BCUT2D eigenvalue weighted by Gasteiger charge is -2.16. The number of nitrogens with zero attached hydrogens (tertiary/aromatic N) is 1. The summed E-state index contributed by atoms with van der Waals surface area (Å²) in [7, 11) is 0. The number of anilines is 1. The summed E-state index contributed by atoms with van der Waals surface area (Å²) in [5.74, 6) is -0.500. The number of amides is 2. The maximum absolute atomic E-state index is 12.7. The summed E-state index contributed by atoms with van der Waals surface area (Å²) in [6.07, 6.45) is 0.882. The lowest BCUT2D eigenvalue weighted by atomic mass is 9.97. The van der Waals surface area contributed by atoms with Gasteiger partial charge in [0.05, 0.1) is 11.6 Å². The summed E-state index contributed by atoms with van der Waals surface area (Å²) in [5.41, 5.74) is 4.00. The van der Waals surface area contributed by atoms with Crippen LogP contribution in [0.4, 0.5) is 5.69 Å². The Morgan fingerprint density at radius 1 is 1.09 bits per heavy atom. The molecule has 0 N–H and O–H groups in total. The predicted molar refractivity (Wildman–Crippen MR) is 94.4 cm³/mol. The third-order valence-corrected chi connectivity index (χ3v) is 5.11. The average Bonchev–Trinajstić information content (AvgIpc) is 2.79. The summed E-state index contributed by atoms with van der Waals surface area (Å²) in [5, 5.41) is 0. The largest absolute Gasteiger partial charge is 0.274 e. The van der Waals surface area contributed by atoms with E-state index in [-0.39, 0.29) is 24.2 Å². The number of rotatable bonds is 3. The minimum absolute atomic E-state index is 0.105. The van der Waals surface area contributed by atoms with Crippen LogP contribution in [0.1, 0.15) is 23.1 Å². The van der Waals surface area contributed by atoms with E-state index < -0.39 is 0 Å². The molecule has 0 saturated carbocycles. The van der Waals surface area contributed by atoms with E-state index in [1.54, 1.807) is 0 Å². The van der Waals surface area contributed by atoms with Crippen LogP contribution in [-0.4, -0.2) is 11.8 Å². The van der Waals surface area contributed by atoms with Gasteiger partial charge in [-0.05, 0) is 43.5 Å². The Kier molecular flexibility index (Phi) is 4.35. The first-order chi connectivity index (χ1) is 11.0. The Labute approximate surface area is 144 Å². The van der Waals surface area contributed by atoms with Crippen molar-refractivity contribution in [1.82, 2.24) is 0 Å². The van der Waals surface area contributed by atoms with E-state index in [9.17, 15) is 9.59 Å². The molecule has 1 unspecified atom stereocenters. The quantitative estimate of drug-likeness (QED) is 0.758. The molecule has 4 heteroatoms. The van der Waals surface area contributed by atoms with Crippen molar-refractivity contribution in [3.05, 3.63) is 63.6 Å². The third-order valence-electron chi connectivity index (χ3n) is 4.26. The monoisotopic (exact) mass is 371 g/mol. The Morgan fingerprint density at radius 3 is 2.43 bits per heavy atom. The zero-order chi connectivity index (χ0) is 16.6. The zero-order valence-electron chi connectivity index (χ0n) is 13.2. The van der Waals surface area contributed by atoms with Crippen molar-refractivity contribution in [2.45, 2.75) is 26.7 Å². The topological polar surface area (TPSA) is 37.4 Å². The molecule has 2 amide bonds. The minimum Gasteiger partial charge on any atom is -0.274 e. The van der Waals surface area contributed by atoms with Crippen LogP contribution in [0, 0.1) is 19.8 Å². The molecule has 0 aliphatic carbocycles. The van der Waals surface area contributed by atoms with E-state index in [0.717, 1.165) is 15.6 Å². The summed E-state index contributed by atoms with van der Waals surface area (Å²) in [4.78, 5) is 26.3. The predicted octanol–water partition coefficient (Wildman–Crippen LogP) is 4.19. The Hall–Kier alpha value is -1.94. The van der Waals surface area contributed by atoms with Gasteiger partial charge in [-0.2, -0.15) is 0 Å². The zero-order valence-corrected chi connectivity index (χ0v) is 14.8. The van der Waals surface area contributed by atoms with Gasteiger partial charge in [-0.1, -0.05) is 51.8 Å². The Bertz CT molecular complexity index is 767. The van der Waals surface area contributed by atoms with Crippen LogP contribution >= 0.6 is 15.9 Å². The molecule has 3 rings (SSSR count). The molecular formula is C19H18BrNO2. The van der Waals surface area contributed by atoms with Crippen LogP contribution < -0.4 is 4.90 Å². The van der Waals surface area contributed by atoms with Gasteiger partial charge in [-0.3, -0.25) is 14.5 Å². The standard InChI is InChI=1S/C19H18BrNO2/c1-12-3-6-14(7-4-12)9-15-10-18(22)21(19(15)23)16-8-5-13(2)17(20)11-16/h3-8,11,15H,9-10H2,1-2H3. The second-order valence-corrected chi connectivity index (χ2v) is 6.95. The summed E-state index contributed by atoms with van der Waals surface area (Å²) < 4.78 is 0.901. The van der Waals surface area contributed by atoms with E-state index in [1.807, 2.05) is 56.3 Å². The number of aryl methyl sites for hydroxylation is 2. The molecule has 1 heterocycles. The van der Waals surface area contributed by atoms with Crippen LogP contribution in [-0.2, 0) is 16.0 Å². The van der Waals surface area contributed by atoms with Crippen LogP contribution in [0.2, 0.25) is 0 Å². The minimum atomic E-state index is -0.273. The highest BCUT2D eigenvalue weighted by Crippen LogP contribution is 2.31. The maximum atomic E-state index is 12.7. The fourth-order valence-corrected chi connectivity index (χ4v) is 3.22. The second kappa shape index (κ2) is 6.28. The van der Waals surface area contributed by atoms with Crippen LogP contribution in [0.5, 0.6) is 0 Å². The molecule has 118 valence electrons. The summed E-state index contributed by atoms with van der Waals surface area (Å²) in [6.45, 7) is 4.01. The lowest BCUT2D eigenvalue weighted by Crippen LogP contribution is -2.30. The summed E-state index contributed by atoms with van der Waals surface area (Å²) in [6, 6.07) is 13.7. The molecule has 0 aromatic heterocycles. The number of halogens is 1. The van der Waals surface area contributed by atoms with Gasteiger partial charge in [0.1, 0.15) is 0 Å². The van der Waals surface area contributed by atoms with Crippen LogP contribution in [0.3, 0.4) is 0 Å². The number of carbonyl (C=O) groups is 2. The van der Waals surface area contributed by atoms with Gasteiger partial charge in [-0.25, -0.2) is 0 Å². The van der Waals surface area contributed by atoms with Crippen molar-refractivity contribution >= 4 is 33.4 Å². The molecule has 2 aromatic carbocycles. The van der Waals surface area contributed by atoms with Crippen LogP contribution in [0.15, 0.2) is 46.9 Å².